The van der Waals surface area contributed by atoms with Crippen LogP contribution in [0.1, 0.15) is 5.56 Å². The van der Waals surface area contributed by atoms with Gasteiger partial charge in [0.05, 0.1) is 0 Å². The molecule has 0 fully saturated rings. The molecule has 0 N–H and O–H groups in total. The van der Waals surface area contributed by atoms with Gasteiger partial charge in [-0.2, -0.15) is 0 Å². The predicted molar refractivity (Wildman–Crippen MR) is 91.4 cm³/mol. The number of carbonyl (C=O) groups is 1. The standard InChI is InChI=1S/C17H16O5SSe/c1-13-8-10-14(11-9-13)23(19,20)22-12-16(17(18)21-2)24-15-6-4-3-5-7-15/h3-12H,1-2H3/b16-12+. The Bertz CT molecular complexity index is 827. The molecule has 2 aromatic carbocycles. The molecule has 5 nitrogen and oxygen atoms in total. The third kappa shape index (κ3) is 4.96. The molecule has 24 heavy (non-hydrogen) atoms. The Morgan fingerprint density at radius 3 is 2.25 bits per heavy atom. The van der Waals surface area contributed by atoms with E-state index in [-0.39, 0.29) is 9.37 Å². The quantitative estimate of drug-likeness (QED) is 0.238. The van der Waals surface area contributed by atoms with Gasteiger partial charge >= 0.3 is 147 Å². The number of hydrogen-bond acceptors (Lipinski definition) is 5. The molecule has 0 aliphatic rings. The predicted octanol–water partition coefficient (Wildman–Crippen LogP) is 1.74. The van der Waals surface area contributed by atoms with E-state index in [0.29, 0.717) is 0 Å². The fourth-order valence-electron chi connectivity index (χ4n) is 1.70. The molecule has 0 atom stereocenters. The van der Waals surface area contributed by atoms with E-state index < -0.39 is 31.0 Å². The molecule has 2 aromatic rings. The SMILES string of the molecule is COC(=O)/C(=C\OS(=O)(=O)c1ccc(C)cc1)[Se]c1ccccc1. The van der Waals surface area contributed by atoms with Crippen LogP contribution in [0.3, 0.4) is 0 Å². The van der Waals surface area contributed by atoms with Crippen molar-refractivity contribution in [3.05, 3.63) is 70.9 Å². The summed E-state index contributed by atoms with van der Waals surface area (Å²) in [5.74, 6) is -0.613. The minimum atomic E-state index is -3.98. The fourth-order valence-corrected chi connectivity index (χ4v) is 4.34. The Labute approximate surface area is 147 Å². The molecule has 0 amide bonds. The number of benzene rings is 2. The van der Waals surface area contributed by atoms with Crippen molar-refractivity contribution in [2.75, 3.05) is 7.11 Å². The number of esters is 1. The second-order valence-electron chi connectivity index (χ2n) is 4.75. The Hall–Kier alpha value is -2.08. The van der Waals surface area contributed by atoms with E-state index in [1.165, 1.54) is 19.2 Å². The monoisotopic (exact) mass is 412 g/mol. The van der Waals surface area contributed by atoms with E-state index in [1.54, 1.807) is 12.1 Å². The summed E-state index contributed by atoms with van der Waals surface area (Å²) in [5, 5.41) is 0. The van der Waals surface area contributed by atoms with Gasteiger partial charge in [-0.3, -0.25) is 0 Å². The van der Waals surface area contributed by atoms with Gasteiger partial charge in [-0.05, 0) is 0 Å². The zero-order valence-corrected chi connectivity index (χ0v) is 15.7. The summed E-state index contributed by atoms with van der Waals surface area (Å²) in [5.41, 5.74) is 0.937. The first-order chi connectivity index (χ1) is 11.4. The molecule has 0 saturated heterocycles. The van der Waals surface area contributed by atoms with Crippen LogP contribution in [-0.4, -0.2) is 36.5 Å². The van der Waals surface area contributed by atoms with Gasteiger partial charge in [0, 0.05) is 0 Å². The molecular weight excluding hydrogens is 395 g/mol. The molecular formula is C17H16O5SSe. The van der Waals surface area contributed by atoms with Crippen molar-refractivity contribution in [1.82, 2.24) is 0 Å². The van der Waals surface area contributed by atoms with Crippen molar-refractivity contribution in [2.45, 2.75) is 11.8 Å². The molecule has 0 aliphatic heterocycles. The first-order valence-corrected chi connectivity index (χ1v) is 10.1. The van der Waals surface area contributed by atoms with Crippen LogP contribution in [0, 0.1) is 6.92 Å². The van der Waals surface area contributed by atoms with E-state index in [9.17, 15) is 13.2 Å². The average Bonchev–Trinajstić information content (AvgIpc) is 2.59. The molecule has 0 unspecified atom stereocenters. The molecule has 2 rings (SSSR count). The summed E-state index contributed by atoms with van der Waals surface area (Å²) in [7, 11) is -2.74. The Kier molecular flexibility index (Phi) is 6.20. The number of hydrogen-bond donors (Lipinski definition) is 0. The molecule has 126 valence electrons. The van der Waals surface area contributed by atoms with Gasteiger partial charge < -0.3 is 0 Å². The maximum atomic E-state index is 12.2. The second kappa shape index (κ2) is 8.15. The molecule has 0 aliphatic carbocycles. The molecule has 0 radical (unpaired) electrons. The second-order valence-corrected chi connectivity index (χ2v) is 8.66. The van der Waals surface area contributed by atoms with Gasteiger partial charge in [-0.15, -0.1) is 0 Å². The number of methoxy groups -OCH3 is 1. The molecule has 0 spiro atoms. The van der Waals surface area contributed by atoms with Crippen molar-refractivity contribution < 1.29 is 22.1 Å². The van der Waals surface area contributed by atoms with Gasteiger partial charge in [0.25, 0.3) is 0 Å². The number of rotatable bonds is 6. The molecule has 0 saturated carbocycles. The number of aryl methyl sites for hydroxylation is 1. The van der Waals surface area contributed by atoms with Crippen LogP contribution in [0.4, 0.5) is 0 Å². The van der Waals surface area contributed by atoms with Crippen LogP contribution in [0.25, 0.3) is 0 Å². The van der Waals surface area contributed by atoms with E-state index in [4.69, 9.17) is 8.92 Å². The topological polar surface area (TPSA) is 69.7 Å². The summed E-state index contributed by atoms with van der Waals surface area (Å²) < 4.78 is 35.1. The van der Waals surface area contributed by atoms with Crippen LogP contribution in [-0.2, 0) is 23.8 Å². The molecule has 7 heteroatoms. The van der Waals surface area contributed by atoms with Crippen LogP contribution < -0.4 is 4.46 Å². The van der Waals surface area contributed by atoms with Crippen molar-refractivity contribution in [2.24, 2.45) is 0 Å². The van der Waals surface area contributed by atoms with Crippen LogP contribution in [0.15, 0.2) is 70.2 Å². The van der Waals surface area contributed by atoms with Gasteiger partial charge in [0.15, 0.2) is 0 Å². The van der Waals surface area contributed by atoms with Crippen LogP contribution in [0.5, 0.6) is 0 Å². The molecule has 0 heterocycles. The van der Waals surface area contributed by atoms with E-state index in [0.717, 1.165) is 16.3 Å². The summed E-state index contributed by atoms with van der Waals surface area (Å²) in [6, 6.07) is 15.5. The van der Waals surface area contributed by atoms with Crippen molar-refractivity contribution in [1.29, 1.82) is 0 Å². The Balaban J connectivity index is 2.23. The third-order valence-electron chi connectivity index (χ3n) is 2.95. The van der Waals surface area contributed by atoms with E-state index in [2.05, 4.69) is 0 Å². The fraction of sp³-hybridized carbons (Fsp3) is 0.118. The van der Waals surface area contributed by atoms with E-state index >= 15 is 0 Å². The molecule has 0 bridgehead atoms. The van der Waals surface area contributed by atoms with Gasteiger partial charge in [-0.1, -0.05) is 0 Å². The first-order valence-electron chi connectivity index (χ1n) is 6.94. The minimum absolute atomic E-state index is 0.0285. The van der Waals surface area contributed by atoms with Crippen molar-refractivity contribution in [3.8, 4) is 0 Å². The van der Waals surface area contributed by atoms with Gasteiger partial charge in [-0.25, -0.2) is 0 Å². The molecule has 0 aromatic heterocycles. The number of carbonyl (C=O) groups excluding carboxylic acids is 1. The summed E-state index contributed by atoms with van der Waals surface area (Å²) in [6.07, 6.45) is 0.966. The summed E-state index contributed by atoms with van der Waals surface area (Å²) >= 11 is -0.433. The first kappa shape index (κ1) is 18.3. The normalized spacial score (nSPS) is 11.8. The van der Waals surface area contributed by atoms with Crippen molar-refractivity contribution in [3.63, 3.8) is 0 Å². The van der Waals surface area contributed by atoms with E-state index in [1.807, 2.05) is 37.3 Å². The van der Waals surface area contributed by atoms with Crippen LogP contribution >= 0.6 is 0 Å². The zero-order valence-electron chi connectivity index (χ0n) is 13.1. The maximum absolute atomic E-state index is 12.2. The summed E-state index contributed by atoms with van der Waals surface area (Å²) in [6.45, 7) is 1.86. The van der Waals surface area contributed by atoms with Gasteiger partial charge in [0.1, 0.15) is 0 Å². The Morgan fingerprint density at radius 1 is 1.04 bits per heavy atom. The van der Waals surface area contributed by atoms with Crippen molar-refractivity contribution >= 4 is 35.5 Å². The number of ether oxygens (including phenoxy) is 1. The average molecular weight is 411 g/mol. The third-order valence-corrected chi connectivity index (χ3v) is 6.23. The van der Waals surface area contributed by atoms with Crippen LogP contribution in [0.2, 0.25) is 0 Å². The summed E-state index contributed by atoms with van der Waals surface area (Å²) in [4.78, 5) is 11.9. The van der Waals surface area contributed by atoms with Gasteiger partial charge in [0.2, 0.25) is 0 Å². The zero-order chi connectivity index (χ0) is 17.6. The Morgan fingerprint density at radius 2 is 1.67 bits per heavy atom.